The molecule has 6 nitrogen and oxygen atoms in total. The van der Waals surface area contributed by atoms with E-state index in [1.54, 1.807) is 16.7 Å². The zero-order chi connectivity index (χ0) is 13.8. The second kappa shape index (κ2) is 6.01. The van der Waals surface area contributed by atoms with Gasteiger partial charge in [-0.25, -0.2) is 4.98 Å². The maximum absolute atomic E-state index is 12.1. The summed E-state index contributed by atoms with van der Waals surface area (Å²) in [7, 11) is 1.81. The Morgan fingerprint density at radius 2 is 1.95 bits per heavy atom. The van der Waals surface area contributed by atoms with Gasteiger partial charge in [0.2, 0.25) is 11.8 Å². The minimum atomic E-state index is 0.0743. The number of piperazine rings is 1. The van der Waals surface area contributed by atoms with Crippen LogP contribution in [0.15, 0.2) is 5.38 Å². The Bertz CT molecular complexity index is 466. The van der Waals surface area contributed by atoms with E-state index in [9.17, 15) is 9.59 Å². The van der Waals surface area contributed by atoms with E-state index in [4.69, 9.17) is 0 Å². The maximum atomic E-state index is 12.1. The zero-order valence-corrected chi connectivity index (χ0v) is 12.0. The van der Waals surface area contributed by atoms with E-state index in [2.05, 4.69) is 10.3 Å². The molecule has 7 heteroatoms. The number of aromatic nitrogens is 1. The van der Waals surface area contributed by atoms with Gasteiger partial charge in [-0.3, -0.25) is 9.59 Å². The average molecular weight is 282 g/mol. The Morgan fingerprint density at radius 1 is 1.32 bits per heavy atom. The molecule has 1 aromatic rings. The number of nitrogens with one attached hydrogen (secondary N) is 1. The summed E-state index contributed by atoms with van der Waals surface area (Å²) < 4.78 is 0. The van der Waals surface area contributed by atoms with Crippen molar-refractivity contribution in [1.82, 2.24) is 14.8 Å². The molecule has 0 unspecified atom stereocenters. The molecule has 2 rings (SSSR count). The van der Waals surface area contributed by atoms with E-state index in [1.165, 1.54) is 11.3 Å². The molecule has 0 atom stereocenters. The quantitative estimate of drug-likeness (QED) is 0.872. The molecule has 1 fully saturated rings. The summed E-state index contributed by atoms with van der Waals surface area (Å²) in [6.45, 7) is 4.04. The Morgan fingerprint density at radius 3 is 2.47 bits per heavy atom. The minimum Gasteiger partial charge on any atom is -0.365 e. The fraction of sp³-hybridized carbons (Fsp3) is 0.583. The van der Waals surface area contributed by atoms with Crippen molar-refractivity contribution in [2.75, 3.05) is 38.5 Å². The molecule has 0 spiro atoms. The number of carbonyl (C=O) groups is 2. The number of thiazole rings is 1. The van der Waals surface area contributed by atoms with Gasteiger partial charge in [0.15, 0.2) is 5.13 Å². The van der Waals surface area contributed by atoms with Crippen LogP contribution in [0.3, 0.4) is 0 Å². The smallest absolute Gasteiger partial charge is 0.228 e. The highest BCUT2D eigenvalue weighted by Gasteiger charge is 2.22. The fourth-order valence-corrected chi connectivity index (χ4v) is 2.71. The molecule has 1 aliphatic rings. The molecule has 0 bridgehead atoms. The van der Waals surface area contributed by atoms with Crippen LogP contribution in [-0.2, 0) is 16.0 Å². The first kappa shape index (κ1) is 13.8. The van der Waals surface area contributed by atoms with Crippen LogP contribution in [0.1, 0.15) is 12.6 Å². The van der Waals surface area contributed by atoms with Crippen molar-refractivity contribution < 1.29 is 9.59 Å². The number of nitrogens with zero attached hydrogens (tertiary/aromatic N) is 3. The van der Waals surface area contributed by atoms with E-state index < -0.39 is 0 Å². The number of hydrogen-bond acceptors (Lipinski definition) is 5. The highest BCUT2D eigenvalue weighted by molar-refractivity contribution is 7.13. The third-order valence-corrected chi connectivity index (χ3v) is 4.08. The lowest BCUT2D eigenvalue weighted by Crippen LogP contribution is -2.50. The van der Waals surface area contributed by atoms with Crippen LogP contribution >= 0.6 is 11.3 Å². The van der Waals surface area contributed by atoms with Crippen LogP contribution in [0, 0.1) is 0 Å². The van der Waals surface area contributed by atoms with E-state index >= 15 is 0 Å². The summed E-state index contributed by atoms with van der Waals surface area (Å²) in [4.78, 5) is 31.2. The van der Waals surface area contributed by atoms with Gasteiger partial charge in [-0.2, -0.15) is 0 Å². The molecule has 0 saturated carbocycles. The molecule has 104 valence electrons. The van der Waals surface area contributed by atoms with E-state index in [-0.39, 0.29) is 11.8 Å². The zero-order valence-electron chi connectivity index (χ0n) is 11.2. The Kier molecular flexibility index (Phi) is 4.36. The third-order valence-electron chi connectivity index (χ3n) is 3.18. The molecule has 1 saturated heterocycles. The molecule has 0 aliphatic carbocycles. The van der Waals surface area contributed by atoms with Gasteiger partial charge in [0.25, 0.3) is 0 Å². The standard InChI is InChI=1S/C12H18N4O2S/c1-9(17)15-3-5-16(6-4-15)11(18)7-10-8-19-12(13-2)14-10/h8H,3-7H2,1-2H3,(H,13,14). The lowest BCUT2D eigenvalue weighted by molar-refractivity contribution is -0.138. The topological polar surface area (TPSA) is 65.5 Å². The van der Waals surface area contributed by atoms with E-state index in [0.717, 1.165) is 10.8 Å². The summed E-state index contributed by atoms with van der Waals surface area (Å²) in [5, 5.41) is 5.68. The third kappa shape index (κ3) is 3.44. The van der Waals surface area contributed by atoms with Crippen molar-refractivity contribution in [3.05, 3.63) is 11.1 Å². The van der Waals surface area contributed by atoms with E-state index in [1.807, 2.05) is 12.4 Å². The number of rotatable bonds is 3. The van der Waals surface area contributed by atoms with Crippen molar-refractivity contribution in [3.63, 3.8) is 0 Å². The molecule has 0 aromatic carbocycles. The summed E-state index contributed by atoms with van der Waals surface area (Å²) in [6.07, 6.45) is 0.332. The summed E-state index contributed by atoms with van der Waals surface area (Å²) in [6, 6.07) is 0. The van der Waals surface area contributed by atoms with Crippen molar-refractivity contribution in [2.45, 2.75) is 13.3 Å². The number of hydrogen-bond donors (Lipinski definition) is 1. The molecule has 2 amide bonds. The molecular weight excluding hydrogens is 264 g/mol. The van der Waals surface area contributed by atoms with Crippen LogP contribution in [0.4, 0.5) is 5.13 Å². The van der Waals surface area contributed by atoms with Gasteiger partial charge in [0.05, 0.1) is 12.1 Å². The van der Waals surface area contributed by atoms with Crippen molar-refractivity contribution in [3.8, 4) is 0 Å². The first-order valence-electron chi connectivity index (χ1n) is 6.25. The first-order chi connectivity index (χ1) is 9.10. The molecule has 1 aromatic heterocycles. The van der Waals surface area contributed by atoms with Gasteiger partial charge in [-0.15, -0.1) is 11.3 Å². The minimum absolute atomic E-state index is 0.0743. The summed E-state index contributed by atoms with van der Waals surface area (Å²) >= 11 is 1.50. The summed E-state index contributed by atoms with van der Waals surface area (Å²) in [5.41, 5.74) is 0.799. The maximum Gasteiger partial charge on any atom is 0.228 e. The Hall–Kier alpha value is -1.63. The predicted octanol–water partition coefficient (Wildman–Crippen LogP) is 0.418. The van der Waals surface area contributed by atoms with Crippen molar-refractivity contribution in [2.24, 2.45) is 0 Å². The number of amides is 2. The van der Waals surface area contributed by atoms with Gasteiger partial charge in [0, 0.05) is 45.5 Å². The van der Waals surface area contributed by atoms with Crippen LogP contribution in [0.5, 0.6) is 0 Å². The summed E-state index contributed by atoms with van der Waals surface area (Å²) in [5.74, 6) is 0.154. The lowest BCUT2D eigenvalue weighted by Gasteiger charge is -2.34. The number of carbonyl (C=O) groups excluding carboxylic acids is 2. The fourth-order valence-electron chi connectivity index (χ4n) is 2.04. The average Bonchev–Trinajstić information content (AvgIpc) is 2.86. The molecule has 19 heavy (non-hydrogen) atoms. The molecule has 1 aliphatic heterocycles. The Balaban J connectivity index is 1.86. The van der Waals surface area contributed by atoms with Crippen molar-refractivity contribution in [1.29, 1.82) is 0 Å². The van der Waals surface area contributed by atoms with Crippen LogP contribution < -0.4 is 5.32 Å². The first-order valence-corrected chi connectivity index (χ1v) is 7.13. The second-order valence-electron chi connectivity index (χ2n) is 4.46. The second-order valence-corrected chi connectivity index (χ2v) is 5.32. The monoisotopic (exact) mass is 282 g/mol. The lowest BCUT2D eigenvalue weighted by atomic mass is 10.2. The largest absolute Gasteiger partial charge is 0.365 e. The van der Waals surface area contributed by atoms with Gasteiger partial charge >= 0.3 is 0 Å². The van der Waals surface area contributed by atoms with Crippen LogP contribution in [0.2, 0.25) is 0 Å². The van der Waals surface area contributed by atoms with Gasteiger partial charge in [-0.05, 0) is 0 Å². The SMILES string of the molecule is CNc1nc(CC(=O)N2CCN(C(C)=O)CC2)cs1. The molecular formula is C12H18N4O2S. The number of anilines is 1. The van der Waals surface area contributed by atoms with Gasteiger partial charge in [-0.1, -0.05) is 0 Å². The Labute approximate surface area is 116 Å². The van der Waals surface area contributed by atoms with Gasteiger partial charge < -0.3 is 15.1 Å². The van der Waals surface area contributed by atoms with Crippen molar-refractivity contribution >= 4 is 28.3 Å². The molecule has 2 heterocycles. The highest BCUT2D eigenvalue weighted by atomic mass is 32.1. The van der Waals surface area contributed by atoms with Crippen LogP contribution in [0.25, 0.3) is 0 Å². The van der Waals surface area contributed by atoms with E-state index in [0.29, 0.717) is 32.6 Å². The van der Waals surface area contributed by atoms with Crippen LogP contribution in [-0.4, -0.2) is 59.8 Å². The van der Waals surface area contributed by atoms with Gasteiger partial charge in [0.1, 0.15) is 0 Å². The normalized spacial score (nSPS) is 15.5. The highest BCUT2D eigenvalue weighted by Crippen LogP contribution is 2.15. The predicted molar refractivity (Wildman–Crippen MR) is 74.2 cm³/mol. The molecule has 0 radical (unpaired) electrons. The molecule has 1 N–H and O–H groups in total.